The highest BCUT2D eigenvalue weighted by Gasteiger charge is 2.24. The Kier molecular flexibility index (Phi) is 3.19. The van der Waals surface area contributed by atoms with Crippen LogP contribution in [0.3, 0.4) is 0 Å². The summed E-state index contributed by atoms with van der Waals surface area (Å²) in [5.41, 5.74) is 0. The van der Waals surface area contributed by atoms with Crippen molar-refractivity contribution in [1.82, 2.24) is 0 Å². The molecule has 0 aromatic heterocycles. The maximum atomic E-state index is 9.21. The zero-order valence-electron chi connectivity index (χ0n) is 8.21. The maximum Gasteiger partial charge on any atom is 0.0881 e. The minimum atomic E-state index is 0.389. The zero-order chi connectivity index (χ0) is 9.14. The Morgan fingerprint density at radius 1 is 1.25 bits per heavy atom. The van der Waals surface area contributed by atoms with Gasteiger partial charge in [0.05, 0.1) is 5.76 Å². The molecule has 0 amide bonds. The third-order valence-electron chi connectivity index (χ3n) is 3.19. The Bertz CT molecular complexity index is 152. The molecule has 0 spiro atoms. The molecule has 0 atom stereocenters. The van der Waals surface area contributed by atoms with Gasteiger partial charge in [0.2, 0.25) is 0 Å². The molecule has 12 heavy (non-hydrogen) atoms. The van der Waals surface area contributed by atoms with E-state index in [0.29, 0.717) is 11.7 Å². The molecule has 1 saturated carbocycles. The third kappa shape index (κ3) is 2.26. The van der Waals surface area contributed by atoms with Crippen LogP contribution in [-0.4, -0.2) is 5.11 Å². The highest BCUT2D eigenvalue weighted by molar-refractivity contribution is 4.91. The van der Waals surface area contributed by atoms with Crippen LogP contribution in [0.25, 0.3) is 0 Å². The molecule has 1 fully saturated rings. The number of aliphatic hydroxyl groups excluding tert-OH is 1. The minimum absolute atomic E-state index is 0.389. The summed E-state index contributed by atoms with van der Waals surface area (Å²) in [6.45, 7) is 8.19. The number of hydrogen-bond acceptors (Lipinski definition) is 1. The first-order valence-electron chi connectivity index (χ1n) is 4.99. The topological polar surface area (TPSA) is 20.2 Å². The van der Waals surface area contributed by atoms with Gasteiger partial charge in [-0.25, -0.2) is 0 Å². The molecule has 1 aliphatic rings. The summed E-state index contributed by atoms with van der Waals surface area (Å²) in [5, 5.41) is 9.21. The molecular formula is C11H20O. The van der Waals surface area contributed by atoms with E-state index in [1.54, 1.807) is 0 Å². The summed E-state index contributed by atoms with van der Waals surface area (Å²) in [6, 6.07) is 0. The van der Waals surface area contributed by atoms with Gasteiger partial charge in [-0.15, -0.1) is 0 Å². The molecule has 0 bridgehead atoms. The van der Waals surface area contributed by atoms with Gasteiger partial charge in [-0.1, -0.05) is 20.4 Å². The molecule has 70 valence electrons. The molecule has 1 nitrogen and oxygen atoms in total. The van der Waals surface area contributed by atoms with Gasteiger partial charge in [0.25, 0.3) is 0 Å². The Hall–Kier alpha value is -0.460. The number of aliphatic hydroxyl groups is 1. The lowest BCUT2D eigenvalue weighted by Gasteiger charge is -2.30. The average molecular weight is 168 g/mol. The van der Waals surface area contributed by atoms with Crippen molar-refractivity contribution >= 4 is 0 Å². The fourth-order valence-corrected chi connectivity index (χ4v) is 2.12. The summed E-state index contributed by atoms with van der Waals surface area (Å²) < 4.78 is 0. The minimum Gasteiger partial charge on any atom is -0.513 e. The average Bonchev–Trinajstić information content (AvgIpc) is 2.04. The SMILES string of the molecule is C=C(O)C1CCC(C(C)C)CC1. The van der Waals surface area contributed by atoms with Crippen LogP contribution in [0.2, 0.25) is 0 Å². The Morgan fingerprint density at radius 3 is 2.08 bits per heavy atom. The predicted molar refractivity (Wildman–Crippen MR) is 52.1 cm³/mol. The molecule has 0 saturated heterocycles. The standard InChI is InChI=1S/C11H20O/c1-8(2)10-4-6-11(7-5-10)9(3)12/h8,10-12H,3-7H2,1-2H3. The van der Waals surface area contributed by atoms with Crippen molar-refractivity contribution in [2.24, 2.45) is 17.8 Å². The van der Waals surface area contributed by atoms with Gasteiger partial charge in [-0.3, -0.25) is 0 Å². The first kappa shape index (κ1) is 9.63. The van der Waals surface area contributed by atoms with Gasteiger partial charge < -0.3 is 5.11 Å². The van der Waals surface area contributed by atoms with E-state index < -0.39 is 0 Å². The van der Waals surface area contributed by atoms with Crippen LogP contribution in [0.15, 0.2) is 12.3 Å². The molecule has 1 heteroatoms. The molecule has 0 unspecified atom stereocenters. The smallest absolute Gasteiger partial charge is 0.0881 e. The van der Waals surface area contributed by atoms with Gasteiger partial charge in [0, 0.05) is 5.92 Å². The lowest BCUT2D eigenvalue weighted by Crippen LogP contribution is -2.19. The summed E-state index contributed by atoms with van der Waals surface area (Å²) in [4.78, 5) is 0. The van der Waals surface area contributed by atoms with Crippen LogP contribution in [0, 0.1) is 17.8 Å². The van der Waals surface area contributed by atoms with E-state index in [4.69, 9.17) is 0 Å². The van der Waals surface area contributed by atoms with Crippen molar-refractivity contribution in [1.29, 1.82) is 0 Å². The number of allylic oxidation sites excluding steroid dienone is 1. The quantitative estimate of drug-likeness (QED) is 0.625. The van der Waals surface area contributed by atoms with E-state index in [1.807, 2.05) is 0 Å². The molecule has 0 aromatic carbocycles. The molecule has 0 heterocycles. The van der Waals surface area contributed by atoms with E-state index in [9.17, 15) is 5.11 Å². The fourth-order valence-electron chi connectivity index (χ4n) is 2.12. The first-order chi connectivity index (χ1) is 5.61. The van der Waals surface area contributed by atoms with E-state index in [-0.39, 0.29) is 0 Å². The van der Waals surface area contributed by atoms with Gasteiger partial charge >= 0.3 is 0 Å². The maximum absolute atomic E-state index is 9.21. The molecular weight excluding hydrogens is 148 g/mol. The predicted octanol–water partition coefficient (Wildman–Crippen LogP) is 3.52. The molecule has 1 rings (SSSR count). The Morgan fingerprint density at radius 2 is 1.75 bits per heavy atom. The van der Waals surface area contributed by atoms with Crippen molar-refractivity contribution in [2.75, 3.05) is 0 Å². The van der Waals surface area contributed by atoms with E-state index in [2.05, 4.69) is 20.4 Å². The summed E-state index contributed by atoms with van der Waals surface area (Å²) in [5.74, 6) is 2.47. The molecule has 1 aliphatic carbocycles. The second-order valence-corrected chi connectivity index (χ2v) is 4.35. The monoisotopic (exact) mass is 168 g/mol. The van der Waals surface area contributed by atoms with E-state index in [1.165, 1.54) is 12.8 Å². The van der Waals surface area contributed by atoms with Crippen molar-refractivity contribution in [2.45, 2.75) is 39.5 Å². The molecule has 0 aromatic rings. The second kappa shape index (κ2) is 3.97. The summed E-state index contributed by atoms with van der Waals surface area (Å²) >= 11 is 0. The van der Waals surface area contributed by atoms with Crippen LogP contribution in [0.5, 0.6) is 0 Å². The highest BCUT2D eigenvalue weighted by atomic mass is 16.3. The molecule has 0 radical (unpaired) electrons. The lowest BCUT2D eigenvalue weighted by molar-refractivity contribution is 0.204. The highest BCUT2D eigenvalue weighted by Crippen LogP contribution is 2.35. The van der Waals surface area contributed by atoms with E-state index in [0.717, 1.165) is 24.7 Å². The van der Waals surface area contributed by atoms with Crippen LogP contribution in [0.1, 0.15) is 39.5 Å². The van der Waals surface area contributed by atoms with Crippen molar-refractivity contribution in [3.8, 4) is 0 Å². The van der Waals surface area contributed by atoms with Crippen molar-refractivity contribution in [3.63, 3.8) is 0 Å². The fraction of sp³-hybridized carbons (Fsp3) is 0.818. The van der Waals surface area contributed by atoms with Crippen LogP contribution in [0.4, 0.5) is 0 Å². The number of rotatable bonds is 2. The van der Waals surface area contributed by atoms with Gasteiger partial charge in [0.1, 0.15) is 0 Å². The summed E-state index contributed by atoms with van der Waals surface area (Å²) in [6.07, 6.45) is 4.81. The normalized spacial score (nSPS) is 30.6. The first-order valence-corrected chi connectivity index (χ1v) is 4.99. The molecule has 1 N–H and O–H groups in total. The third-order valence-corrected chi connectivity index (χ3v) is 3.19. The second-order valence-electron chi connectivity index (χ2n) is 4.35. The van der Waals surface area contributed by atoms with Crippen LogP contribution < -0.4 is 0 Å². The zero-order valence-corrected chi connectivity index (χ0v) is 8.21. The largest absolute Gasteiger partial charge is 0.513 e. The van der Waals surface area contributed by atoms with Gasteiger partial charge in [-0.2, -0.15) is 0 Å². The summed E-state index contributed by atoms with van der Waals surface area (Å²) in [7, 11) is 0. The van der Waals surface area contributed by atoms with Gasteiger partial charge in [-0.05, 0) is 37.5 Å². The van der Waals surface area contributed by atoms with E-state index >= 15 is 0 Å². The number of hydrogen-bond donors (Lipinski definition) is 1. The molecule has 0 aliphatic heterocycles. The van der Waals surface area contributed by atoms with Crippen LogP contribution >= 0.6 is 0 Å². The van der Waals surface area contributed by atoms with Crippen molar-refractivity contribution in [3.05, 3.63) is 12.3 Å². The van der Waals surface area contributed by atoms with Crippen molar-refractivity contribution < 1.29 is 5.11 Å². The van der Waals surface area contributed by atoms with Crippen LogP contribution in [-0.2, 0) is 0 Å². The Labute approximate surface area is 75.5 Å². The van der Waals surface area contributed by atoms with Gasteiger partial charge in [0.15, 0.2) is 0 Å². The Balaban J connectivity index is 2.34. The lowest BCUT2D eigenvalue weighted by atomic mass is 9.76.